The summed E-state index contributed by atoms with van der Waals surface area (Å²) in [6.45, 7) is 7.21. The third kappa shape index (κ3) is 4.15. The summed E-state index contributed by atoms with van der Waals surface area (Å²) >= 11 is 0. The van der Waals surface area contributed by atoms with Crippen molar-refractivity contribution >= 4 is 0 Å². The number of hydrogen-bond donors (Lipinski definition) is 1. The molecule has 0 fully saturated rings. The molecule has 0 aliphatic rings. The van der Waals surface area contributed by atoms with Crippen LogP contribution < -0.4 is 0 Å². The Morgan fingerprint density at radius 1 is 1.24 bits per heavy atom. The van der Waals surface area contributed by atoms with Gasteiger partial charge in [0.1, 0.15) is 0 Å². The fourth-order valence-corrected chi connectivity index (χ4v) is 2.09. The van der Waals surface area contributed by atoms with Crippen LogP contribution in [0, 0.1) is 0 Å². The first-order chi connectivity index (χ1) is 8.22. The van der Waals surface area contributed by atoms with E-state index in [1.54, 1.807) is 0 Å². The number of nitrogens with zero attached hydrogens (tertiary/aromatic N) is 2. The summed E-state index contributed by atoms with van der Waals surface area (Å²) < 4.78 is 1.93. The Bertz CT molecular complexity index is 320. The zero-order valence-electron chi connectivity index (χ0n) is 11.4. The monoisotopic (exact) mass is 238 g/mol. The summed E-state index contributed by atoms with van der Waals surface area (Å²) in [5, 5.41) is 14.6. The van der Waals surface area contributed by atoms with Crippen LogP contribution in [0.3, 0.4) is 0 Å². The third-order valence-electron chi connectivity index (χ3n) is 3.20. The Labute approximate surface area is 105 Å². The number of aromatic nitrogens is 2. The van der Waals surface area contributed by atoms with E-state index >= 15 is 0 Å². The molecule has 1 unspecified atom stereocenters. The van der Waals surface area contributed by atoms with Gasteiger partial charge in [-0.15, -0.1) is 0 Å². The largest absolute Gasteiger partial charge is 0.387 e. The summed E-state index contributed by atoms with van der Waals surface area (Å²) in [5.41, 5.74) is 2.07. The van der Waals surface area contributed by atoms with E-state index in [1.807, 2.05) is 10.7 Å². The molecule has 17 heavy (non-hydrogen) atoms. The second-order valence-corrected chi connectivity index (χ2v) is 4.59. The van der Waals surface area contributed by atoms with Crippen molar-refractivity contribution < 1.29 is 5.11 Å². The highest BCUT2D eigenvalue weighted by atomic mass is 16.3. The van der Waals surface area contributed by atoms with Gasteiger partial charge < -0.3 is 5.11 Å². The zero-order chi connectivity index (χ0) is 12.7. The molecular weight excluding hydrogens is 212 g/mol. The molecule has 0 bridgehead atoms. The second kappa shape index (κ2) is 7.49. The van der Waals surface area contributed by atoms with Crippen LogP contribution >= 0.6 is 0 Å². The van der Waals surface area contributed by atoms with Crippen LogP contribution in [-0.4, -0.2) is 14.9 Å². The number of aryl methyl sites for hydroxylation is 2. The average molecular weight is 238 g/mol. The Morgan fingerprint density at radius 3 is 2.59 bits per heavy atom. The summed E-state index contributed by atoms with van der Waals surface area (Å²) in [5.74, 6) is 0. The molecule has 1 aromatic heterocycles. The molecular formula is C14H26N2O. The van der Waals surface area contributed by atoms with Crippen LogP contribution in [0.1, 0.15) is 70.4 Å². The van der Waals surface area contributed by atoms with Gasteiger partial charge in [-0.2, -0.15) is 5.10 Å². The second-order valence-electron chi connectivity index (χ2n) is 4.59. The van der Waals surface area contributed by atoms with Crippen molar-refractivity contribution in [3.05, 3.63) is 17.5 Å². The van der Waals surface area contributed by atoms with Gasteiger partial charge in [-0.1, -0.05) is 39.5 Å². The van der Waals surface area contributed by atoms with Gasteiger partial charge in [0.2, 0.25) is 0 Å². The summed E-state index contributed by atoms with van der Waals surface area (Å²) in [7, 11) is 0. The fraction of sp³-hybridized carbons (Fsp3) is 0.786. The van der Waals surface area contributed by atoms with Gasteiger partial charge in [0.05, 0.1) is 17.5 Å². The van der Waals surface area contributed by atoms with Crippen LogP contribution in [0.5, 0.6) is 0 Å². The van der Waals surface area contributed by atoms with Crippen molar-refractivity contribution in [2.75, 3.05) is 0 Å². The molecule has 0 aromatic carbocycles. The average Bonchev–Trinajstić information content (AvgIpc) is 2.77. The van der Waals surface area contributed by atoms with Crippen molar-refractivity contribution in [1.82, 2.24) is 9.78 Å². The van der Waals surface area contributed by atoms with Crippen LogP contribution in [0.4, 0.5) is 0 Å². The fourth-order valence-electron chi connectivity index (χ4n) is 2.09. The highest BCUT2D eigenvalue weighted by Crippen LogP contribution is 2.21. The smallest absolute Gasteiger partial charge is 0.0956 e. The quantitative estimate of drug-likeness (QED) is 0.704. The number of unbranched alkanes of at least 4 members (excludes halogenated alkanes) is 3. The molecule has 0 saturated heterocycles. The molecule has 0 spiro atoms. The van der Waals surface area contributed by atoms with Gasteiger partial charge in [-0.25, -0.2) is 0 Å². The first-order valence-corrected chi connectivity index (χ1v) is 6.97. The van der Waals surface area contributed by atoms with Crippen LogP contribution in [-0.2, 0) is 13.0 Å². The number of rotatable bonds is 8. The molecule has 1 heterocycles. The molecule has 1 atom stereocenters. The van der Waals surface area contributed by atoms with Gasteiger partial charge in [-0.05, 0) is 25.8 Å². The van der Waals surface area contributed by atoms with Gasteiger partial charge in [-0.3, -0.25) is 4.68 Å². The lowest BCUT2D eigenvalue weighted by Crippen LogP contribution is -2.08. The molecule has 1 N–H and O–H groups in total. The van der Waals surface area contributed by atoms with E-state index in [-0.39, 0.29) is 6.10 Å². The molecule has 1 aromatic rings. The van der Waals surface area contributed by atoms with Crippen LogP contribution in [0.15, 0.2) is 6.07 Å². The maximum Gasteiger partial charge on any atom is 0.0956 e. The minimum atomic E-state index is -0.348. The SMILES string of the molecule is CCCCCCC(O)c1cc(CC)nn1CC. The number of aliphatic hydroxyl groups excluding tert-OH is 1. The maximum absolute atomic E-state index is 10.2. The highest BCUT2D eigenvalue weighted by molar-refractivity contribution is 5.13. The normalized spacial score (nSPS) is 12.9. The first-order valence-electron chi connectivity index (χ1n) is 6.97. The first kappa shape index (κ1) is 14.2. The van der Waals surface area contributed by atoms with Crippen molar-refractivity contribution in [3.63, 3.8) is 0 Å². The minimum absolute atomic E-state index is 0.348. The third-order valence-corrected chi connectivity index (χ3v) is 3.20. The van der Waals surface area contributed by atoms with Crippen molar-refractivity contribution in [2.24, 2.45) is 0 Å². The molecule has 3 nitrogen and oxygen atoms in total. The van der Waals surface area contributed by atoms with Crippen LogP contribution in [0.25, 0.3) is 0 Å². The van der Waals surface area contributed by atoms with Gasteiger partial charge in [0, 0.05) is 6.54 Å². The van der Waals surface area contributed by atoms with E-state index in [4.69, 9.17) is 0 Å². The predicted molar refractivity (Wildman–Crippen MR) is 71.0 cm³/mol. The van der Waals surface area contributed by atoms with Gasteiger partial charge in [0.15, 0.2) is 0 Å². The lowest BCUT2D eigenvalue weighted by molar-refractivity contribution is 0.152. The lowest BCUT2D eigenvalue weighted by Gasteiger charge is -2.11. The number of hydrogen-bond acceptors (Lipinski definition) is 2. The van der Waals surface area contributed by atoms with Gasteiger partial charge in [0.25, 0.3) is 0 Å². The molecule has 0 aliphatic heterocycles. The number of aliphatic hydroxyl groups is 1. The predicted octanol–water partition coefficient (Wildman–Crippen LogP) is 3.47. The molecule has 0 saturated carbocycles. The van der Waals surface area contributed by atoms with Crippen molar-refractivity contribution in [2.45, 2.75) is 71.9 Å². The van der Waals surface area contributed by atoms with Gasteiger partial charge >= 0.3 is 0 Å². The lowest BCUT2D eigenvalue weighted by atomic mass is 10.1. The van der Waals surface area contributed by atoms with E-state index in [0.29, 0.717) is 0 Å². The van der Waals surface area contributed by atoms with E-state index < -0.39 is 0 Å². The standard InChI is InChI=1S/C14H26N2O/c1-4-7-8-9-10-14(17)13-11-12(5-2)15-16(13)6-3/h11,14,17H,4-10H2,1-3H3. The topological polar surface area (TPSA) is 38.1 Å². The highest BCUT2D eigenvalue weighted by Gasteiger charge is 2.14. The molecule has 0 amide bonds. The Hall–Kier alpha value is -0.830. The van der Waals surface area contributed by atoms with Crippen LogP contribution in [0.2, 0.25) is 0 Å². The molecule has 98 valence electrons. The van der Waals surface area contributed by atoms with E-state index in [2.05, 4.69) is 25.9 Å². The molecule has 3 heteroatoms. The zero-order valence-corrected chi connectivity index (χ0v) is 11.4. The molecule has 0 radical (unpaired) electrons. The summed E-state index contributed by atoms with van der Waals surface area (Å²) in [6.07, 6.45) is 6.26. The van der Waals surface area contributed by atoms with E-state index in [9.17, 15) is 5.11 Å². The maximum atomic E-state index is 10.2. The summed E-state index contributed by atoms with van der Waals surface area (Å²) in [6, 6.07) is 2.05. The molecule has 1 rings (SSSR count). The molecule has 0 aliphatic carbocycles. The van der Waals surface area contributed by atoms with E-state index in [1.165, 1.54) is 19.3 Å². The van der Waals surface area contributed by atoms with Crippen molar-refractivity contribution in [3.8, 4) is 0 Å². The Kier molecular flexibility index (Phi) is 6.27. The van der Waals surface area contributed by atoms with Crippen molar-refractivity contribution in [1.29, 1.82) is 0 Å². The minimum Gasteiger partial charge on any atom is -0.387 e. The van der Waals surface area contributed by atoms with E-state index in [0.717, 1.165) is 37.2 Å². The Balaban J connectivity index is 2.54. The summed E-state index contributed by atoms with van der Waals surface area (Å²) in [4.78, 5) is 0. The Morgan fingerprint density at radius 2 is 2.00 bits per heavy atom.